The molecule has 0 fully saturated rings. The Morgan fingerprint density at radius 2 is 2.12 bits per heavy atom. The Morgan fingerprint density at radius 1 is 1.28 bits per heavy atom. The summed E-state index contributed by atoms with van der Waals surface area (Å²) in [5.74, 6) is 0.801. The molecule has 8 heteroatoms. The van der Waals surface area contributed by atoms with Gasteiger partial charge in [0.1, 0.15) is 11.3 Å². The van der Waals surface area contributed by atoms with Crippen molar-refractivity contribution in [3.63, 3.8) is 0 Å². The normalized spacial score (nSPS) is 11.3. The topological polar surface area (TPSA) is 112 Å². The van der Waals surface area contributed by atoms with E-state index in [1.807, 2.05) is 18.3 Å². The molecule has 0 bridgehead atoms. The summed E-state index contributed by atoms with van der Waals surface area (Å²) in [6, 6.07) is 3.98. The number of hydrogen-bond acceptors (Lipinski definition) is 6. The van der Waals surface area contributed by atoms with Gasteiger partial charge in [-0.3, -0.25) is 9.55 Å². The standard InChI is InChI=1S/C17H22N6O2/c1-11-20-15(18)14-16(21-11)23(17(24)22-14)10-13-7-6-12(9-19-13)5-3-4-8-25-2/h6-7,9H,3-5,8,10H2,1-2H3,(H,22,24)(H2,18,20,21). The molecule has 0 aliphatic heterocycles. The van der Waals surface area contributed by atoms with Crippen LogP contribution in [0.4, 0.5) is 5.82 Å². The van der Waals surface area contributed by atoms with Crippen molar-refractivity contribution in [3.8, 4) is 0 Å². The van der Waals surface area contributed by atoms with Crippen LogP contribution in [0.15, 0.2) is 23.1 Å². The first-order valence-corrected chi connectivity index (χ1v) is 8.24. The highest BCUT2D eigenvalue weighted by Gasteiger charge is 2.13. The lowest BCUT2D eigenvalue weighted by atomic mass is 10.1. The lowest BCUT2D eigenvalue weighted by Crippen LogP contribution is -2.18. The van der Waals surface area contributed by atoms with E-state index in [1.165, 1.54) is 10.1 Å². The Balaban J connectivity index is 1.77. The van der Waals surface area contributed by atoms with Crippen LogP contribution in [0.2, 0.25) is 0 Å². The number of unbranched alkanes of at least 4 members (excludes halogenated alkanes) is 1. The Hall–Kier alpha value is -2.74. The number of aromatic nitrogens is 5. The minimum absolute atomic E-state index is 0.271. The van der Waals surface area contributed by atoms with Crippen molar-refractivity contribution >= 4 is 17.0 Å². The Labute approximate surface area is 145 Å². The molecular formula is C17H22N6O2. The summed E-state index contributed by atoms with van der Waals surface area (Å²) in [7, 11) is 1.71. The number of aryl methyl sites for hydroxylation is 2. The van der Waals surface area contributed by atoms with Crippen LogP contribution in [0.1, 0.15) is 29.9 Å². The number of nitrogens with one attached hydrogen (secondary N) is 1. The van der Waals surface area contributed by atoms with Gasteiger partial charge >= 0.3 is 5.69 Å². The molecule has 0 saturated carbocycles. The maximum atomic E-state index is 12.2. The van der Waals surface area contributed by atoms with E-state index in [-0.39, 0.29) is 11.5 Å². The second-order valence-corrected chi connectivity index (χ2v) is 5.98. The van der Waals surface area contributed by atoms with E-state index in [2.05, 4.69) is 19.9 Å². The maximum absolute atomic E-state index is 12.2. The Kier molecular flexibility index (Phi) is 5.08. The van der Waals surface area contributed by atoms with Crippen molar-refractivity contribution in [1.82, 2.24) is 24.5 Å². The number of H-pyrrole nitrogens is 1. The van der Waals surface area contributed by atoms with Gasteiger partial charge < -0.3 is 15.5 Å². The van der Waals surface area contributed by atoms with Gasteiger partial charge in [-0.25, -0.2) is 14.8 Å². The highest BCUT2D eigenvalue weighted by atomic mass is 16.5. The first-order valence-electron chi connectivity index (χ1n) is 8.24. The van der Waals surface area contributed by atoms with Crippen LogP contribution in [0, 0.1) is 6.92 Å². The summed E-state index contributed by atoms with van der Waals surface area (Å²) >= 11 is 0. The molecule has 0 saturated heterocycles. The van der Waals surface area contributed by atoms with E-state index >= 15 is 0 Å². The van der Waals surface area contributed by atoms with Crippen molar-refractivity contribution in [2.45, 2.75) is 32.7 Å². The number of methoxy groups -OCH3 is 1. The van der Waals surface area contributed by atoms with Crippen LogP contribution in [0.3, 0.4) is 0 Å². The number of nitrogens with zero attached hydrogens (tertiary/aromatic N) is 4. The van der Waals surface area contributed by atoms with Crippen LogP contribution in [-0.2, 0) is 17.7 Å². The molecule has 3 rings (SSSR count). The summed E-state index contributed by atoms with van der Waals surface area (Å²) < 4.78 is 6.58. The molecule has 3 N–H and O–H groups in total. The van der Waals surface area contributed by atoms with Crippen molar-refractivity contribution in [3.05, 3.63) is 45.9 Å². The first-order chi connectivity index (χ1) is 12.1. The zero-order valence-corrected chi connectivity index (χ0v) is 14.5. The summed E-state index contributed by atoms with van der Waals surface area (Å²) in [5, 5.41) is 0. The molecule has 132 valence electrons. The SMILES string of the molecule is COCCCCc1ccc(Cn2c(=O)[nH]c3c(N)nc(C)nc32)nc1. The number of nitrogens with two attached hydrogens (primary N) is 1. The first kappa shape index (κ1) is 17.1. The molecule has 0 amide bonds. The molecule has 8 nitrogen and oxygen atoms in total. The van der Waals surface area contributed by atoms with Crippen LogP contribution in [-0.4, -0.2) is 38.2 Å². The summed E-state index contributed by atoms with van der Waals surface area (Å²) in [6.45, 7) is 2.85. The molecule has 3 aromatic rings. The number of nitrogen functional groups attached to an aromatic ring is 1. The third kappa shape index (κ3) is 3.85. The quantitative estimate of drug-likeness (QED) is 0.628. The molecule has 0 spiro atoms. The van der Waals surface area contributed by atoms with Crippen molar-refractivity contribution in [1.29, 1.82) is 0 Å². The van der Waals surface area contributed by atoms with E-state index in [9.17, 15) is 4.79 Å². The van der Waals surface area contributed by atoms with Crippen molar-refractivity contribution in [2.75, 3.05) is 19.5 Å². The zero-order valence-electron chi connectivity index (χ0n) is 14.5. The molecule has 25 heavy (non-hydrogen) atoms. The predicted octanol–water partition coefficient (Wildman–Crippen LogP) is 1.42. The van der Waals surface area contributed by atoms with Crippen LogP contribution in [0.5, 0.6) is 0 Å². The maximum Gasteiger partial charge on any atom is 0.328 e. The van der Waals surface area contributed by atoms with Gasteiger partial charge in [-0.15, -0.1) is 0 Å². The average molecular weight is 342 g/mol. The van der Waals surface area contributed by atoms with E-state index in [1.54, 1.807) is 14.0 Å². The van der Waals surface area contributed by atoms with Gasteiger partial charge in [-0.1, -0.05) is 6.07 Å². The largest absolute Gasteiger partial charge is 0.385 e. The number of imidazole rings is 1. The highest BCUT2D eigenvalue weighted by molar-refractivity contribution is 5.81. The van der Waals surface area contributed by atoms with E-state index in [0.717, 1.165) is 31.6 Å². The fourth-order valence-electron chi connectivity index (χ4n) is 2.75. The average Bonchev–Trinajstić information content (AvgIpc) is 2.90. The monoisotopic (exact) mass is 342 g/mol. The minimum Gasteiger partial charge on any atom is -0.385 e. The van der Waals surface area contributed by atoms with Gasteiger partial charge in [0, 0.05) is 19.9 Å². The van der Waals surface area contributed by atoms with Gasteiger partial charge in [0.15, 0.2) is 11.5 Å². The summed E-state index contributed by atoms with van der Waals surface area (Å²) in [5.41, 5.74) is 8.52. The summed E-state index contributed by atoms with van der Waals surface area (Å²) in [4.78, 5) is 27.8. The number of aromatic amines is 1. The van der Waals surface area contributed by atoms with Crippen molar-refractivity contribution in [2.24, 2.45) is 0 Å². The smallest absolute Gasteiger partial charge is 0.328 e. The second kappa shape index (κ2) is 7.43. The van der Waals surface area contributed by atoms with Crippen molar-refractivity contribution < 1.29 is 4.74 Å². The lowest BCUT2D eigenvalue weighted by Gasteiger charge is -2.05. The third-order valence-corrected chi connectivity index (χ3v) is 4.03. The fourth-order valence-corrected chi connectivity index (χ4v) is 2.75. The highest BCUT2D eigenvalue weighted by Crippen LogP contribution is 2.15. The Morgan fingerprint density at radius 3 is 2.84 bits per heavy atom. The van der Waals surface area contributed by atoms with Gasteiger partial charge in [0.05, 0.1) is 12.2 Å². The van der Waals surface area contributed by atoms with Crippen LogP contribution >= 0.6 is 0 Å². The lowest BCUT2D eigenvalue weighted by molar-refractivity contribution is 0.193. The molecule has 0 aliphatic rings. The molecule has 3 aromatic heterocycles. The minimum atomic E-state index is -0.271. The second-order valence-electron chi connectivity index (χ2n) is 5.98. The molecule has 3 heterocycles. The fraction of sp³-hybridized carbons (Fsp3) is 0.412. The molecular weight excluding hydrogens is 320 g/mol. The van der Waals surface area contributed by atoms with Crippen LogP contribution in [0.25, 0.3) is 11.2 Å². The third-order valence-electron chi connectivity index (χ3n) is 4.03. The molecule has 0 atom stereocenters. The molecule has 0 unspecified atom stereocenters. The molecule has 0 radical (unpaired) electrons. The van der Waals surface area contributed by atoms with Gasteiger partial charge in [0.25, 0.3) is 0 Å². The van der Waals surface area contributed by atoms with Crippen LogP contribution < -0.4 is 11.4 Å². The van der Waals surface area contributed by atoms with E-state index in [0.29, 0.717) is 23.5 Å². The number of fused-ring (bicyclic) bond motifs is 1. The number of hydrogen-bond donors (Lipinski definition) is 2. The predicted molar refractivity (Wildman–Crippen MR) is 95.5 cm³/mol. The molecule has 0 aromatic carbocycles. The molecule has 0 aliphatic carbocycles. The van der Waals surface area contributed by atoms with Gasteiger partial charge in [0.2, 0.25) is 0 Å². The Bertz CT molecular complexity index is 913. The number of ether oxygens (including phenoxy) is 1. The number of rotatable bonds is 7. The zero-order chi connectivity index (χ0) is 17.8. The van der Waals surface area contributed by atoms with E-state index in [4.69, 9.17) is 10.5 Å². The van der Waals surface area contributed by atoms with E-state index < -0.39 is 0 Å². The van der Waals surface area contributed by atoms with Gasteiger partial charge in [-0.2, -0.15) is 0 Å². The number of pyridine rings is 1. The summed E-state index contributed by atoms with van der Waals surface area (Å²) in [6.07, 6.45) is 4.92. The van der Waals surface area contributed by atoms with Gasteiger partial charge in [-0.05, 0) is 37.8 Å². The number of anilines is 1.